The number of aryl methyl sites for hydroxylation is 2. The van der Waals surface area contributed by atoms with Gasteiger partial charge in [-0.1, -0.05) is 0 Å². The van der Waals surface area contributed by atoms with E-state index < -0.39 is 4.92 Å². The molecular weight excluding hydrogens is 336 g/mol. The fourth-order valence-electron chi connectivity index (χ4n) is 3.27. The lowest BCUT2D eigenvalue weighted by molar-refractivity contribution is -0.385. The van der Waals surface area contributed by atoms with Crippen LogP contribution < -0.4 is 9.80 Å². The molecule has 3 aromatic rings. The minimum absolute atomic E-state index is 0.0192. The van der Waals surface area contributed by atoms with Crippen molar-refractivity contribution in [2.24, 2.45) is 0 Å². The van der Waals surface area contributed by atoms with Gasteiger partial charge in [-0.2, -0.15) is 14.6 Å². The van der Waals surface area contributed by atoms with E-state index in [0.717, 1.165) is 49.1 Å². The highest BCUT2D eigenvalue weighted by atomic mass is 16.6. The zero-order chi connectivity index (χ0) is 18.3. The van der Waals surface area contributed by atoms with E-state index in [4.69, 9.17) is 0 Å². The molecule has 1 aliphatic rings. The average Bonchev–Trinajstić information content (AvgIpc) is 3.09. The van der Waals surface area contributed by atoms with Gasteiger partial charge in [0.2, 0.25) is 0 Å². The maximum atomic E-state index is 10.9. The Hall–Kier alpha value is -3.30. The van der Waals surface area contributed by atoms with Crippen molar-refractivity contribution in [2.45, 2.75) is 13.8 Å². The third-order valence-corrected chi connectivity index (χ3v) is 4.51. The Bertz CT molecular complexity index is 978. The molecule has 0 aliphatic carbocycles. The van der Waals surface area contributed by atoms with Gasteiger partial charge < -0.3 is 9.80 Å². The van der Waals surface area contributed by atoms with Crippen molar-refractivity contribution in [3.05, 3.63) is 46.0 Å². The molecule has 1 aliphatic heterocycles. The van der Waals surface area contributed by atoms with Crippen molar-refractivity contribution < 1.29 is 4.92 Å². The largest absolute Gasteiger partial charge is 0.353 e. The second-order valence-electron chi connectivity index (χ2n) is 6.29. The normalized spacial score (nSPS) is 14.8. The summed E-state index contributed by atoms with van der Waals surface area (Å²) in [4.78, 5) is 27.7. The van der Waals surface area contributed by atoms with Crippen LogP contribution in [0.15, 0.2) is 24.7 Å². The topological polar surface area (TPSA) is 106 Å². The van der Waals surface area contributed by atoms with Crippen LogP contribution in [-0.4, -0.2) is 55.7 Å². The average molecular weight is 354 g/mol. The molecular formula is C16H18N8O2. The molecule has 0 unspecified atom stereocenters. The van der Waals surface area contributed by atoms with Crippen LogP contribution in [0.2, 0.25) is 0 Å². The number of nitrogens with zero attached hydrogens (tertiary/aromatic N) is 8. The molecule has 0 atom stereocenters. The van der Waals surface area contributed by atoms with E-state index in [1.54, 1.807) is 10.6 Å². The zero-order valence-corrected chi connectivity index (χ0v) is 14.5. The Kier molecular flexibility index (Phi) is 3.86. The Balaban J connectivity index is 1.54. The number of piperazine rings is 1. The van der Waals surface area contributed by atoms with E-state index >= 15 is 0 Å². The number of anilines is 2. The molecule has 0 N–H and O–H groups in total. The van der Waals surface area contributed by atoms with Crippen LogP contribution in [-0.2, 0) is 0 Å². The third kappa shape index (κ3) is 2.79. The molecule has 0 bridgehead atoms. The first-order chi connectivity index (χ1) is 12.5. The number of nitro groups is 1. The molecule has 0 radical (unpaired) electrons. The molecule has 0 saturated carbocycles. The molecule has 3 aromatic heterocycles. The van der Waals surface area contributed by atoms with Gasteiger partial charge in [0.05, 0.1) is 4.92 Å². The van der Waals surface area contributed by atoms with Crippen LogP contribution in [0.1, 0.15) is 11.3 Å². The van der Waals surface area contributed by atoms with E-state index in [0.29, 0.717) is 5.78 Å². The molecule has 0 aromatic carbocycles. The van der Waals surface area contributed by atoms with Crippen molar-refractivity contribution in [1.82, 2.24) is 24.6 Å². The summed E-state index contributed by atoms with van der Waals surface area (Å²) in [5.74, 6) is 2.36. The SMILES string of the molecule is Cc1cc(N2CCN(c3ncc([N+](=O)[O-])cc3C)CC2)n2ncnc2n1. The molecule has 10 heteroatoms. The van der Waals surface area contributed by atoms with E-state index in [1.165, 1.54) is 12.5 Å². The summed E-state index contributed by atoms with van der Waals surface area (Å²) in [6.07, 6.45) is 2.82. The van der Waals surface area contributed by atoms with Crippen molar-refractivity contribution in [3.8, 4) is 0 Å². The van der Waals surface area contributed by atoms with Gasteiger partial charge >= 0.3 is 0 Å². The van der Waals surface area contributed by atoms with E-state index in [9.17, 15) is 10.1 Å². The number of hydrogen-bond acceptors (Lipinski definition) is 8. The number of aromatic nitrogens is 5. The minimum Gasteiger partial charge on any atom is -0.353 e. The lowest BCUT2D eigenvalue weighted by atomic mass is 10.2. The smallest absolute Gasteiger partial charge is 0.287 e. The molecule has 26 heavy (non-hydrogen) atoms. The summed E-state index contributed by atoms with van der Waals surface area (Å²) in [5.41, 5.74) is 1.73. The Morgan fingerprint density at radius 2 is 1.81 bits per heavy atom. The van der Waals surface area contributed by atoms with Crippen molar-refractivity contribution in [3.63, 3.8) is 0 Å². The van der Waals surface area contributed by atoms with Gasteiger partial charge in [-0.3, -0.25) is 10.1 Å². The molecule has 10 nitrogen and oxygen atoms in total. The maximum absolute atomic E-state index is 10.9. The number of fused-ring (bicyclic) bond motifs is 1. The Morgan fingerprint density at radius 3 is 2.50 bits per heavy atom. The summed E-state index contributed by atoms with van der Waals surface area (Å²) in [6, 6.07) is 3.58. The van der Waals surface area contributed by atoms with Crippen molar-refractivity contribution in [2.75, 3.05) is 36.0 Å². The Morgan fingerprint density at radius 1 is 1.08 bits per heavy atom. The van der Waals surface area contributed by atoms with Gasteiger partial charge in [0.25, 0.3) is 11.5 Å². The van der Waals surface area contributed by atoms with Crippen LogP contribution in [0.25, 0.3) is 5.78 Å². The lowest BCUT2D eigenvalue weighted by Crippen LogP contribution is -2.47. The van der Waals surface area contributed by atoms with Crippen LogP contribution >= 0.6 is 0 Å². The summed E-state index contributed by atoms with van der Waals surface area (Å²) in [5, 5.41) is 15.1. The van der Waals surface area contributed by atoms with Crippen LogP contribution in [0.5, 0.6) is 0 Å². The summed E-state index contributed by atoms with van der Waals surface area (Å²) >= 11 is 0. The highest BCUT2D eigenvalue weighted by Gasteiger charge is 2.23. The summed E-state index contributed by atoms with van der Waals surface area (Å²) < 4.78 is 1.75. The standard InChI is InChI=1S/C16H18N8O2/c1-11-7-13(24(25)26)9-17-15(11)22-5-3-21(4-6-22)14-8-12(2)20-16-18-10-19-23(14)16/h7-10H,3-6H2,1-2H3. The molecule has 1 saturated heterocycles. The third-order valence-electron chi connectivity index (χ3n) is 4.51. The van der Waals surface area contributed by atoms with Gasteiger partial charge in [-0.05, 0) is 19.4 Å². The quantitative estimate of drug-likeness (QED) is 0.513. The Labute approximate surface area is 149 Å². The maximum Gasteiger partial charge on any atom is 0.287 e. The van der Waals surface area contributed by atoms with Crippen molar-refractivity contribution >= 4 is 23.1 Å². The minimum atomic E-state index is -0.420. The molecule has 4 heterocycles. The van der Waals surface area contributed by atoms with Gasteiger partial charge in [0.1, 0.15) is 24.2 Å². The number of pyridine rings is 1. The molecule has 1 fully saturated rings. The summed E-state index contributed by atoms with van der Waals surface area (Å²) in [6.45, 7) is 6.91. The van der Waals surface area contributed by atoms with Crippen LogP contribution in [0.3, 0.4) is 0 Å². The fourth-order valence-corrected chi connectivity index (χ4v) is 3.27. The van der Waals surface area contributed by atoms with Crippen molar-refractivity contribution in [1.29, 1.82) is 0 Å². The fraction of sp³-hybridized carbons (Fsp3) is 0.375. The van der Waals surface area contributed by atoms with Crippen LogP contribution in [0.4, 0.5) is 17.3 Å². The first-order valence-corrected chi connectivity index (χ1v) is 8.31. The predicted molar refractivity (Wildman–Crippen MR) is 95.6 cm³/mol. The predicted octanol–water partition coefficient (Wildman–Crippen LogP) is 1.37. The van der Waals surface area contributed by atoms with Crippen LogP contribution in [0, 0.1) is 24.0 Å². The number of hydrogen-bond donors (Lipinski definition) is 0. The molecule has 134 valence electrons. The van der Waals surface area contributed by atoms with E-state index in [2.05, 4.69) is 29.9 Å². The zero-order valence-electron chi connectivity index (χ0n) is 14.5. The number of rotatable bonds is 3. The monoisotopic (exact) mass is 354 g/mol. The lowest BCUT2D eigenvalue weighted by Gasteiger charge is -2.37. The second-order valence-corrected chi connectivity index (χ2v) is 6.29. The van der Waals surface area contributed by atoms with E-state index in [-0.39, 0.29) is 5.69 Å². The molecule has 0 amide bonds. The first-order valence-electron chi connectivity index (χ1n) is 8.31. The highest BCUT2D eigenvalue weighted by molar-refractivity contribution is 5.53. The van der Waals surface area contributed by atoms with E-state index in [1.807, 2.05) is 19.9 Å². The second kappa shape index (κ2) is 6.21. The van der Waals surface area contributed by atoms with Gasteiger partial charge in [0.15, 0.2) is 0 Å². The molecule has 0 spiro atoms. The summed E-state index contributed by atoms with van der Waals surface area (Å²) in [7, 11) is 0. The first kappa shape index (κ1) is 16.2. The van der Waals surface area contributed by atoms with Gasteiger partial charge in [-0.15, -0.1) is 0 Å². The highest BCUT2D eigenvalue weighted by Crippen LogP contribution is 2.24. The van der Waals surface area contributed by atoms with Gasteiger partial charge in [-0.25, -0.2) is 9.97 Å². The van der Waals surface area contributed by atoms with Gasteiger partial charge in [0, 0.05) is 44.0 Å². The molecule has 4 rings (SSSR count).